The Labute approximate surface area is 104 Å². The minimum Gasteiger partial charge on any atom is -0.496 e. The largest absolute Gasteiger partial charge is 0.496 e. The number of benzene rings is 1. The first-order chi connectivity index (χ1) is 8.90. The van der Waals surface area contributed by atoms with Crippen LogP contribution in [0.15, 0.2) is 48.9 Å². The van der Waals surface area contributed by atoms with Crippen molar-refractivity contribution in [1.29, 1.82) is 0 Å². The van der Waals surface area contributed by atoms with E-state index in [4.69, 9.17) is 4.74 Å². The maximum absolute atomic E-state index is 5.38. The third-order valence-corrected chi connectivity index (χ3v) is 2.75. The molecular formula is C14H11N3O. The summed E-state index contributed by atoms with van der Waals surface area (Å²) in [5, 5.41) is 0.890. The van der Waals surface area contributed by atoms with Crippen molar-refractivity contribution in [3.63, 3.8) is 0 Å². The van der Waals surface area contributed by atoms with Gasteiger partial charge >= 0.3 is 0 Å². The number of hydrogen-bond acceptors (Lipinski definition) is 4. The van der Waals surface area contributed by atoms with Crippen LogP contribution in [-0.2, 0) is 0 Å². The van der Waals surface area contributed by atoms with Crippen molar-refractivity contribution in [3.8, 4) is 17.1 Å². The van der Waals surface area contributed by atoms with E-state index in [1.165, 1.54) is 0 Å². The SMILES string of the molecule is COc1cccc2ncnc(-c3ccccn3)c12. The first-order valence-corrected chi connectivity index (χ1v) is 5.59. The Morgan fingerprint density at radius 2 is 1.89 bits per heavy atom. The van der Waals surface area contributed by atoms with Crippen LogP contribution in [0, 0.1) is 0 Å². The minimum absolute atomic E-state index is 0.758. The Bertz CT molecular complexity index is 678. The highest BCUT2D eigenvalue weighted by atomic mass is 16.5. The molecule has 18 heavy (non-hydrogen) atoms. The summed E-state index contributed by atoms with van der Waals surface area (Å²) in [5.74, 6) is 0.758. The molecule has 0 aliphatic rings. The van der Waals surface area contributed by atoms with Crippen LogP contribution in [-0.4, -0.2) is 22.1 Å². The zero-order valence-corrected chi connectivity index (χ0v) is 9.87. The lowest BCUT2D eigenvalue weighted by molar-refractivity contribution is 0.419. The number of rotatable bonds is 2. The normalized spacial score (nSPS) is 10.5. The van der Waals surface area contributed by atoms with Crippen molar-refractivity contribution < 1.29 is 4.74 Å². The highest BCUT2D eigenvalue weighted by Gasteiger charge is 2.11. The van der Waals surface area contributed by atoms with Gasteiger partial charge in [-0.3, -0.25) is 4.98 Å². The standard InChI is InChI=1S/C14H11N3O/c1-18-12-7-4-6-10-13(12)14(17-9-16-10)11-5-2-3-8-15-11/h2-9H,1H3. The predicted molar refractivity (Wildman–Crippen MR) is 69.3 cm³/mol. The fourth-order valence-corrected chi connectivity index (χ4v) is 1.95. The molecular weight excluding hydrogens is 226 g/mol. The maximum Gasteiger partial charge on any atom is 0.130 e. The van der Waals surface area contributed by atoms with E-state index in [1.54, 1.807) is 19.6 Å². The van der Waals surface area contributed by atoms with Gasteiger partial charge < -0.3 is 4.74 Å². The van der Waals surface area contributed by atoms with E-state index in [-0.39, 0.29) is 0 Å². The van der Waals surface area contributed by atoms with Gasteiger partial charge in [-0.15, -0.1) is 0 Å². The van der Waals surface area contributed by atoms with Crippen molar-refractivity contribution in [1.82, 2.24) is 15.0 Å². The molecule has 88 valence electrons. The molecule has 3 aromatic rings. The Morgan fingerprint density at radius 3 is 2.67 bits per heavy atom. The van der Waals surface area contributed by atoms with Gasteiger partial charge in [-0.2, -0.15) is 0 Å². The van der Waals surface area contributed by atoms with Crippen LogP contribution in [0.4, 0.5) is 0 Å². The molecule has 0 saturated carbocycles. The lowest BCUT2D eigenvalue weighted by atomic mass is 10.1. The van der Waals surface area contributed by atoms with Crippen LogP contribution in [0.2, 0.25) is 0 Å². The van der Waals surface area contributed by atoms with Gasteiger partial charge in [-0.1, -0.05) is 12.1 Å². The Balaban J connectivity index is 2.36. The molecule has 0 aliphatic carbocycles. The summed E-state index contributed by atoms with van der Waals surface area (Å²) in [4.78, 5) is 12.9. The summed E-state index contributed by atoms with van der Waals surface area (Å²) >= 11 is 0. The lowest BCUT2D eigenvalue weighted by Gasteiger charge is -2.08. The third-order valence-electron chi connectivity index (χ3n) is 2.75. The Morgan fingerprint density at radius 1 is 0.944 bits per heavy atom. The number of nitrogens with zero attached hydrogens (tertiary/aromatic N) is 3. The molecule has 4 heteroatoms. The second-order valence-electron chi connectivity index (χ2n) is 3.79. The minimum atomic E-state index is 0.758. The fraction of sp³-hybridized carbons (Fsp3) is 0.0714. The monoisotopic (exact) mass is 237 g/mol. The quantitative estimate of drug-likeness (QED) is 0.687. The van der Waals surface area contributed by atoms with Crippen molar-refractivity contribution in [2.75, 3.05) is 7.11 Å². The van der Waals surface area contributed by atoms with E-state index in [9.17, 15) is 0 Å². The van der Waals surface area contributed by atoms with Gasteiger partial charge in [0.15, 0.2) is 0 Å². The number of aromatic nitrogens is 3. The van der Waals surface area contributed by atoms with Crippen LogP contribution in [0.1, 0.15) is 0 Å². The molecule has 0 fully saturated rings. The molecule has 4 nitrogen and oxygen atoms in total. The van der Waals surface area contributed by atoms with Crippen molar-refractivity contribution in [2.24, 2.45) is 0 Å². The van der Waals surface area contributed by atoms with Crippen molar-refractivity contribution in [2.45, 2.75) is 0 Å². The summed E-state index contributed by atoms with van der Waals surface area (Å²) in [5.41, 5.74) is 2.46. The van der Waals surface area contributed by atoms with Gasteiger partial charge in [0.1, 0.15) is 17.8 Å². The molecule has 2 aromatic heterocycles. The second-order valence-corrected chi connectivity index (χ2v) is 3.79. The summed E-state index contributed by atoms with van der Waals surface area (Å²) in [6, 6.07) is 11.5. The number of fused-ring (bicyclic) bond motifs is 1. The molecule has 0 spiro atoms. The van der Waals surface area contributed by atoms with Gasteiger partial charge in [-0.25, -0.2) is 9.97 Å². The van der Waals surface area contributed by atoms with E-state index >= 15 is 0 Å². The van der Waals surface area contributed by atoms with Crippen LogP contribution >= 0.6 is 0 Å². The predicted octanol–water partition coefficient (Wildman–Crippen LogP) is 2.70. The maximum atomic E-state index is 5.38. The van der Waals surface area contributed by atoms with Gasteiger partial charge in [-0.05, 0) is 24.3 Å². The topological polar surface area (TPSA) is 47.9 Å². The number of pyridine rings is 1. The van der Waals surface area contributed by atoms with Gasteiger partial charge in [0, 0.05) is 6.20 Å². The molecule has 0 radical (unpaired) electrons. The van der Waals surface area contributed by atoms with E-state index in [0.717, 1.165) is 28.0 Å². The van der Waals surface area contributed by atoms with Crippen molar-refractivity contribution in [3.05, 3.63) is 48.9 Å². The summed E-state index contributed by atoms with van der Waals surface area (Å²) in [6.07, 6.45) is 3.30. The highest BCUT2D eigenvalue weighted by Crippen LogP contribution is 2.31. The molecule has 0 saturated heterocycles. The molecule has 0 atom stereocenters. The molecule has 2 heterocycles. The molecule has 1 aromatic carbocycles. The molecule has 0 aliphatic heterocycles. The average Bonchev–Trinajstić information content (AvgIpc) is 2.47. The van der Waals surface area contributed by atoms with E-state index in [0.29, 0.717) is 0 Å². The highest BCUT2D eigenvalue weighted by molar-refractivity contribution is 5.96. The zero-order chi connectivity index (χ0) is 12.4. The first-order valence-electron chi connectivity index (χ1n) is 5.59. The van der Waals surface area contributed by atoms with E-state index in [2.05, 4.69) is 15.0 Å². The van der Waals surface area contributed by atoms with Gasteiger partial charge in [0.25, 0.3) is 0 Å². The molecule has 0 N–H and O–H groups in total. The second kappa shape index (κ2) is 4.41. The van der Waals surface area contributed by atoms with E-state index < -0.39 is 0 Å². The summed E-state index contributed by atoms with van der Waals surface area (Å²) < 4.78 is 5.38. The summed E-state index contributed by atoms with van der Waals surface area (Å²) in [7, 11) is 1.64. The van der Waals surface area contributed by atoms with E-state index in [1.807, 2.05) is 36.4 Å². The zero-order valence-electron chi connectivity index (χ0n) is 9.87. The van der Waals surface area contributed by atoms with Gasteiger partial charge in [0.2, 0.25) is 0 Å². The Hall–Kier alpha value is -2.49. The third kappa shape index (κ3) is 1.68. The van der Waals surface area contributed by atoms with Crippen molar-refractivity contribution >= 4 is 10.9 Å². The fourth-order valence-electron chi connectivity index (χ4n) is 1.95. The molecule has 3 rings (SSSR count). The molecule has 0 amide bonds. The Kier molecular flexibility index (Phi) is 2.61. The average molecular weight is 237 g/mol. The van der Waals surface area contributed by atoms with Crippen LogP contribution in [0.3, 0.4) is 0 Å². The van der Waals surface area contributed by atoms with Crippen LogP contribution in [0.5, 0.6) is 5.75 Å². The van der Waals surface area contributed by atoms with Crippen LogP contribution < -0.4 is 4.74 Å². The molecule has 0 bridgehead atoms. The van der Waals surface area contributed by atoms with Gasteiger partial charge in [0.05, 0.1) is 23.7 Å². The number of hydrogen-bond donors (Lipinski definition) is 0. The molecule has 0 unspecified atom stereocenters. The summed E-state index contributed by atoms with van der Waals surface area (Å²) in [6.45, 7) is 0. The lowest BCUT2D eigenvalue weighted by Crippen LogP contribution is -1.93. The first kappa shape index (κ1) is 10.7. The number of methoxy groups -OCH3 is 1. The van der Waals surface area contributed by atoms with Crippen LogP contribution in [0.25, 0.3) is 22.3 Å². The number of ether oxygens (including phenoxy) is 1. The smallest absolute Gasteiger partial charge is 0.130 e.